The predicted molar refractivity (Wildman–Crippen MR) is 138 cm³/mol. The first-order chi connectivity index (χ1) is 17.2. The maximum Gasteiger partial charge on any atom is 0.389 e. The summed E-state index contributed by atoms with van der Waals surface area (Å²) in [4.78, 5) is 13.5. The normalized spacial score (nSPS) is 20.1. The number of aryl methyl sites for hydroxylation is 1. The highest BCUT2D eigenvalue weighted by atomic mass is 28.3. The van der Waals surface area contributed by atoms with E-state index in [1.165, 1.54) is 17.3 Å². The molecule has 1 N–H and O–H groups in total. The first-order valence-corrected chi connectivity index (χ1v) is 16.3. The van der Waals surface area contributed by atoms with E-state index in [0.717, 1.165) is 11.6 Å². The lowest BCUT2D eigenvalue weighted by Crippen LogP contribution is -2.45. The lowest BCUT2D eigenvalue weighted by molar-refractivity contribution is -0.141. The second-order valence-electron chi connectivity index (χ2n) is 11.2. The Morgan fingerprint density at radius 2 is 1.68 bits per heavy atom. The van der Waals surface area contributed by atoms with Crippen molar-refractivity contribution in [3.63, 3.8) is 0 Å². The Balaban J connectivity index is 1.90. The molecule has 1 saturated heterocycles. The van der Waals surface area contributed by atoms with Crippen LogP contribution in [0, 0.1) is 17.6 Å². The van der Waals surface area contributed by atoms with E-state index < -0.39 is 44.3 Å². The van der Waals surface area contributed by atoms with E-state index in [0.29, 0.717) is 31.4 Å². The van der Waals surface area contributed by atoms with Crippen LogP contribution in [-0.4, -0.2) is 42.8 Å². The summed E-state index contributed by atoms with van der Waals surface area (Å²) in [6.07, 6.45) is -3.71. The highest BCUT2D eigenvalue weighted by Gasteiger charge is 2.37. The molecule has 3 nitrogen and oxygen atoms in total. The molecule has 0 aromatic heterocycles. The summed E-state index contributed by atoms with van der Waals surface area (Å²) in [6, 6.07) is 10.7. The average molecular weight is 542 g/mol. The van der Waals surface area contributed by atoms with Crippen molar-refractivity contribution in [3.05, 3.63) is 65.2 Å². The van der Waals surface area contributed by atoms with Crippen LogP contribution in [0.1, 0.15) is 55.7 Å². The van der Waals surface area contributed by atoms with Crippen LogP contribution in [0.5, 0.6) is 0 Å². The summed E-state index contributed by atoms with van der Waals surface area (Å²) in [7, 11) is -1.55. The third-order valence-corrected chi connectivity index (χ3v) is 9.36. The molecule has 0 saturated carbocycles. The zero-order valence-corrected chi connectivity index (χ0v) is 22.6. The third-order valence-electron chi connectivity index (χ3n) is 7.30. The van der Waals surface area contributed by atoms with Crippen molar-refractivity contribution in [2.45, 2.75) is 82.8 Å². The zero-order chi connectivity index (χ0) is 27.4. The minimum Gasteiger partial charge on any atom is -0.481 e. The maximum atomic E-state index is 13.7. The molecule has 0 spiro atoms. The van der Waals surface area contributed by atoms with E-state index in [9.17, 15) is 31.9 Å². The number of nitrogens with zero attached hydrogens (tertiary/aromatic N) is 1. The number of likely N-dealkylation sites (tertiary alicyclic amines) is 1. The van der Waals surface area contributed by atoms with Crippen molar-refractivity contribution < 1.29 is 31.9 Å². The molecule has 2 aromatic carbocycles. The Labute approximate surface area is 216 Å². The molecule has 2 aromatic rings. The number of rotatable bonds is 10. The zero-order valence-electron chi connectivity index (χ0n) is 21.6. The van der Waals surface area contributed by atoms with Crippen molar-refractivity contribution in [1.82, 2.24) is 4.90 Å². The van der Waals surface area contributed by atoms with Gasteiger partial charge in [0.15, 0.2) is 0 Å². The average Bonchev–Trinajstić information content (AvgIpc) is 2.77. The fourth-order valence-corrected chi connectivity index (χ4v) is 6.52. The fourth-order valence-electron chi connectivity index (χ4n) is 5.35. The number of carbonyl (C=O) groups is 1. The fraction of sp³-hybridized carbons (Fsp3) is 0.536. The van der Waals surface area contributed by atoms with Crippen LogP contribution in [0.25, 0.3) is 0 Å². The summed E-state index contributed by atoms with van der Waals surface area (Å²) < 4.78 is 67.2. The number of aliphatic carboxylic acids is 1. The van der Waals surface area contributed by atoms with Gasteiger partial charge in [0.25, 0.3) is 0 Å². The van der Waals surface area contributed by atoms with E-state index in [1.54, 1.807) is 0 Å². The summed E-state index contributed by atoms with van der Waals surface area (Å²) >= 11 is 0. The molecule has 0 radical (unpaired) electrons. The smallest absolute Gasteiger partial charge is 0.389 e. The Hall–Kier alpha value is -2.26. The van der Waals surface area contributed by atoms with Gasteiger partial charge in [-0.1, -0.05) is 49.1 Å². The SMILES string of the molecule is C[Si](C)(C)c1ccc(C2CC(CC(=O)O)CCN2C(CCc2cc(F)cc(F)c2)CCC(F)(F)F)cc1. The number of carboxylic acid groups (broad SMARTS) is 1. The van der Waals surface area contributed by atoms with E-state index in [-0.39, 0.29) is 31.2 Å². The van der Waals surface area contributed by atoms with Gasteiger partial charge in [-0.3, -0.25) is 9.69 Å². The summed E-state index contributed by atoms with van der Waals surface area (Å²) in [6.45, 7) is 7.18. The Kier molecular flexibility index (Phi) is 9.55. The molecular formula is C28H36F5NO2Si. The van der Waals surface area contributed by atoms with Gasteiger partial charge >= 0.3 is 12.1 Å². The number of hydrogen-bond donors (Lipinski definition) is 1. The van der Waals surface area contributed by atoms with Crippen molar-refractivity contribution in [2.24, 2.45) is 5.92 Å². The minimum atomic E-state index is -4.32. The first-order valence-electron chi connectivity index (χ1n) is 12.8. The Morgan fingerprint density at radius 1 is 1.05 bits per heavy atom. The summed E-state index contributed by atoms with van der Waals surface area (Å²) in [5.74, 6) is -2.38. The molecule has 3 unspecified atom stereocenters. The maximum absolute atomic E-state index is 13.7. The van der Waals surface area contributed by atoms with E-state index in [1.807, 2.05) is 12.1 Å². The van der Waals surface area contributed by atoms with Crippen molar-refractivity contribution in [1.29, 1.82) is 0 Å². The van der Waals surface area contributed by atoms with E-state index in [2.05, 4.69) is 36.7 Å². The van der Waals surface area contributed by atoms with Gasteiger partial charge in [0.1, 0.15) is 11.6 Å². The van der Waals surface area contributed by atoms with Gasteiger partial charge in [0.05, 0.1) is 8.07 Å². The second kappa shape index (κ2) is 12.1. The van der Waals surface area contributed by atoms with Gasteiger partial charge in [-0.25, -0.2) is 8.78 Å². The molecule has 1 aliphatic heterocycles. The highest BCUT2D eigenvalue weighted by molar-refractivity contribution is 6.88. The monoisotopic (exact) mass is 541 g/mol. The lowest BCUT2D eigenvalue weighted by atomic mass is 9.83. The van der Waals surface area contributed by atoms with Crippen LogP contribution in [-0.2, 0) is 11.2 Å². The van der Waals surface area contributed by atoms with Gasteiger partial charge in [-0.05, 0) is 67.8 Å². The van der Waals surface area contributed by atoms with Crippen LogP contribution < -0.4 is 5.19 Å². The molecule has 1 heterocycles. The van der Waals surface area contributed by atoms with Crippen LogP contribution in [0.15, 0.2) is 42.5 Å². The first kappa shape index (κ1) is 29.3. The molecule has 1 fully saturated rings. The number of carboxylic acids is 1. The number of hydrogen-bond acceptors (Lipinski definition) is 2. The van der Waals surface area contributed by atoms with Gasteiger partial charge in [0, 0.05) is 31.0 Å². The largest absolute Gasteiger partial charge is 0.481 e. The minimum absolute atomic E-state index is 0.0209. The summed E-state index contributed by atoms with van der Waals surface area (Å²) in [5, 5.41) is 10.6. The van der Waals surface area contributed by atoms with Crippen molar-refractivity contribution >= 4 is 19.2 Å². The van der Waals surface area contributed by atoms with Crippen LogP contribution in [0.3, 0.4) is 0 Å². The van der Waals surface area contributed by atoms with Gasteiger partial charge in [-0.2, -0.15) is 13.2 Å². The number of benzene rings is 2. The molecule has 1 aliphatic rings. The third kappa shape index (κ3) is 8.92. The molecule has 0 bridgehead atoms. The van der Waals surface area contributed by atoms with Crippen molar-refractivity contribution in [3.8, 4) is 0 Å². The highest BCUT2D eigenvalue weighted by Crippen LogP contribution is 2.39. The molecule has 3 rings (SSSR count). The van der Waals surface area contributed by atoms with Gasteiger partial charge < -0.3 is 5.11 Å². The van der Waals surface area contributed by atoms with Crippen LogP contribution in [0.2, 0.25) is 19.6 Å². The quantitative estimate of drug-likeness (QED) is 0.258. The number of halogens is 5. The molecule has 3 atom stereocenters. The molecule has 37 heavy (non-hydrogen) atoms. The van der Waals surface area contributed by atoms with E-state index in [4.69, 9.17) is 0 Å². The number of piperidine rings is 1. The molecule has 204 valence electrons. The number of alkyl halides is 3. The van der Waals surface area contributed by atoms with Gasteiger partial charge in [0.2, 0.25) is 0 Å². The Morgan fingerprint density at radius 3 is 2.22 bits per heavy atom. The van der Waals surface area contributed by atoms with Crippen LogP contribution in [0.4, 0.5) is 22.0 Å². The van der Waals surface area contributed by atoms with E-state index >= 15 is 0 Å². The predicted octanol–water partition coefficient (Wildman–Crippen LogP) is 7.08. The Bertz CT molecular complexity index is 1030. The molecular weight excluding hydrogens is 505 g/mol. The molecule has 0 aliphatic carbocycles. The van der Waals surface area contributed by atoms with Crippen LogP contribution >= 0.6 is 0 Å². The lowest BCUT2D eigenvalue weighted by Gasteiger charge is -2.44. The molecule has 0 amide bonds. The topological polar surface area (TPSA) is 40.5 Å². The van der Waals surface area contributed by atoms with Crippen molar-refractivity contribution in [2.75, 3.05) is 6.54 Å². The molecule has 9 heteroatoms. The summed E-state index contributed by atoms with van der Waals surface area (Å²) in [5.41, 5.74) is 1.37. The second-order valence-corrected chi connectivity index (χ2v) is 16.3. The standard InChI is InChI=1S/C28H36F5NO2Si/c1-37(2,3)25-8-5-21(6-9-25)26-16-20(17-27(35)36)11-13-34(26)24(10-12-28(31,32)33)7-4-19-14-22(29)18-23(30)15-19/h5-6,8-9,14-15,18,20,24,26H,4,7,10-13,16-17H2,1-3H3,(H,35,36). The van der Waals surface area contributed by atoms with Gasteiger partial charge in [-0.15, -0.1) is 0 Å².